The molecule has 28 heavy (non-hydrogen) atoms. The van der Waals surface area contributed by atoms with Gasteiger partial charge in [0.2, 0.25) is 0 Å². The lowest BCUT2D eigenvalue weighted by atomic mass is 10.2. The molecule has 1 amide bonds. The molecular formula is C21H23BrN4O2. The predicted octanol–water partition coefficient (Wildman–Crippen LogP) is 4.38. The number of hydrogen-bond donors (Lipinski definition) is 0. The molecule has 1 aliphatic heterocycles. The van der Waals surface area contributed by atoms with Crippen LogP contribution in [0.15, 0.2) is 39.2 Å². The van der Waals surface area contributed by atoms with E-state index in [1.807, 2.05) is 42.2 Å². The van der Waals surface area contributed by atoms with Gasteiger partial charge >= 0.3 is 0 Å². The zero-order valence-electron chi connectivity index (χ0n) is 16.3. The summed E-state index contributed by atoms with van der Waals surface area (Å²) in [6.45, 7) is 8.94. The van der Waals surface area contributed by atoms with Crippen molar-refractivity contribution in [1.82, 2.24) is 14.9 Å². The third-order valence-electron chi connectivity index (χ3n) is 4.97. The molecular weight excluding hydrogens is 420 g/mol. The number of aryl methyl sites for hydroxylation is 1. The molecule has 0 bridgehead atoms. The van der Waals surface area contributed by atoms with Crippen LogP contribution < -0.4 is 4.90 Å². The topological polar surface area (TPSA) is 62.5 Å². The van der Waals surface area contributed by atoms with Crippen molar-refractivity contribution >= 4 is 38.6 Å². The molecule has 1 fully saturated rings. The highest BCUT2D eigenvalue weighted by Gasteiger charge is 2.26. The van der Waals surface area contributed by atoms with E-state index in [1.165, 1.54) is 0 Å². The minimum Gasteiger partial charge on any atom is -0.450 e. The van der Waals surface area contributed by atoms with Crippen LogP contribution in [0.3, 0.4) is 0 Å². The number of nitrogens with zero attached hydrogens (tertiary/aromatic N) is 4. The number of halogens is 1. The molecule has 0 N–H and O–H groups in total. The molecule has 6 nitrogen and oxygen atoms in total. The molecule has 3 heterocycles. The maximum absolute atomic E-state index is 12.9. The van der Waals surface area contributed by atoms with E-state index in [0.717, 1.165) is 40.3 Å². The zero-order chi connectivity index (χ0) is 19.8. The van der Waals surface area contributed by atoms with Gasteiger partial charge in [-0.15, -0.1) is 0 Å². The number of hydrogen-bond acceptors (Lipinski definition) is 5. The SMILES string of the molecule is Cc1cc(N2CCN(C(=O)c3cc4cccc(Br)c4o3)CC2)nc(C(C)C)n1. The summed E-state index contributed by atoms with van der Waals surface area (Å²) < 4.78 is 6.67. The van der Waals surface area contributed by atoms with Gasteiger partial charge in [0.05, 0.1) is 4.47 Å². The number of anilines is 1. The van der Waals surface area contributed by atoms with E-state index in [9.17, 15) is 4.79 Å². The maximum Gasteiger partial charge on any atom is 0.289 e. The molecule has 0 spiro atoms. The second-order valence-corrected chi connectivity index (χ2v) is 8.28. The number of amides is 1. The lowest BCUT2D eigenvalue weighted by Gasteiger charge is -2.35. The molecule has 1 saturated heterocycles. The summed E-state index contributed by atoms with van der Waals surface area (Å²) in [5, 5.41) is 0.925. The van der Waals surface area contributed by atoms with E-state index in [-0.39, 0.29) is 11.8 Å². The summed E-state index contributed by atoms with van der Waals surface area (Å²) in [7, 11) is 0. The molecule has 4 rings (SSSR count). The molecule has 0 saturated carbocycles. The van der Waals surface area contributed by atoms with Gasteiger partial charge in [-0.25, -0.2) is 9.97 Å². The van der Waals surface area contributed by atoms with Crippen LogP contribution in [0.5, 0.6) is 0 Å². The predicted molar refractivity (Wildman–Crippen MR) is 113 cm³/mol. The van der Waals surface area contributed by atoms with Gasteiger partial charge in [0, 0.05) is 49.2 Å². The Labute approximate surface area is 172 Å². The number of piperazine rings is 1. The van der Waals surface area contributed by atoms with E-state index >= 15 is 0 Å². The number of fused-ring (bicyclic) bond motifs is 1. The third-order valence-corrected chi connectivity index (χ3v) is 5.60. The maximum atomic E-state index is 12.9. The van der Waals surface area contributed by atoms with Crippen molar-refractivity contribution in [1.29, 1.82) is 0 Å². The number of benzene rings is 1. The van der Waals surface area contributed by atoms with Crippen molar-refractivity contribution in [3.05, 3.63) is 52.1 Å². The van der Waals surface area contributed by atoms with Crippen LogP contribution in [0, 0.1) is 6.92 Å². The monoisotopic (exact) mass is 442 g/mol. The van der Waals surface area contributed by atoms with E-state index in [2.05, 4.69) is 39.7 Å². The van der Waals surface area contributed by atoms with Gasteiger partial charge in [-0.2, -0.15) is 0 Å². The van der Waals surface area contributed by atoms with Crippen LogP contribution in [0.2, 0.25) is 0 Å². The molecule has 7 heteroatoms. The summed E-state index contributed by atoms with van der Waals surface area (Å²) in [6, 6.07) is 9.62. The quantitative estimate of drug-likeness (QED) is 0.601. The standard InChI is InChI=1S/C21H23BrN4O2/c1-13(2)20-23-14(3)11-18(24-20)25-7-9-26(10-8-25)21(27)17-12-15-5-4-6-16(22)19(15)28-17/h4-6,11-13H,7-10H2,1-3H3. The van der Waals surface area contributed by atoms with Crippen molar-refractivity contribution in [3.63, 3.8) is 0 Å². The highest BCUT2D eigenvalue weighted by Crippen LogP contribution is 2.28. The van der Waals surface area contributed by atoms with Crippen LogP contribution in [0.1, 0.15) is 41.8 Å². The highest BCUT2D eigenvalue weighted by molar-refractivity contribution is 9.10. The van der Waals surface area contributed by atoms with E-state index < -0.39 is 0 Å². The lowest BCUT2D eigenvalue weighted by molar-refractivity contribution is 0.0717. The largest absolute Gasteiger partial charge is 0.450 e. The van der Waals surface area contributed by atoms with Crippen molar-refractivity contribution in [2.75, 3.05) is 31.1 Å². The zero-order valence-corrected chi connectivity index (χ0v) is 17.9. The second-order valence-electron chi connectivity index (χ2n) is 7.43. The first-order valence-electron chi connectivity index (χ1n) is 9.50. The van der Waals surface area contributed by atoms with Gasteiger partial charge in [0.25, 0.3) is 5.91 Å². The number of furan rings is 1. The summed E-state index contributed by atoms with van der Waals surface area (Å²) >= 11 is 3.47. The van der Waals surface area contributed by atoms with Gasteiger partial charge < -0.3 is 14.2 Å². The highest BCUT2D eigenvalue weighted by atomic mass is 79.9. The normalized spacial score (nSPS) is 14.9. The van der Waals surface area contributed by atoms with Gasteiger partial charge in [-0.05, 0) is 35.0 Å². The Morgan fingerprint density at radius 2 is 1.89 bits per heavy atom. The molecule has 0 unspecified atom stereocenters. The van der Waals surface area contributed by atoms with Crippen LogP contribution in [0.25, 0.3) is 11.0 Å². The second kappa shape index (κ2) is 7.54. The first-order valence-corrected chi connectivity index (χ1v) is 10.3. The van der Waals surface area contributed by atoms with Crippen molar-refractivity contribution in [3.8, 4) is 0 Å². The third kappa shape index (κ3) is 3.63. The molecule has 0 radical (unpaired) electrons. The Kier molecular flexibility index (Phi) is 5.10. The first kappa shape index (κ1) is 18.9. The van der Waals surface area contributed by atoms with E-state index in [1.54, 1.807) is 0 Å². The number of aromatic nitrogens is 2. The summed E-state index contributed by atoms with van der Waals surface area (Å²) in [5.74, 6) is 2.41. The van der Waals surface area contributed by atoms with Gasteiger partial charge in [-0.1, -0.05) is 26.0 Å². The van der Waals surface area contributed by atoms with Crippen molar-refractivity contribution in [2.24, 2.45) is 0 Å². The minimum absolute atomic E-state index is 0.0653. The Morgan fingerprint density at radius 1 is 1.14 bits per heavy atom. The Morgan fingerprint density at radius 3 is 2.57 bits per heavy atom. The number of para-hydroxylation sites is 1. The van der Waals surface area contributed by atoms with E-state index in [0.29, 0.717) is 24.4 Å². The van der Waals surface area contributed by atoms with Gasteiger partial charge in [-0.3, -0.25) is 4.79 Å². The molecule has 146 valence electrons. The Hall–Kier alpha value is -2.41. The lowest BCUT2D eigenvalue weighted by Crippen LogP contribution is -2.49. The molecule has 0 atom stereocenters. The molecule has 3 aromatic rings. The molecule has 0 aliphatic carbocycles. The molecule has 2 aromatic heterocycles. The van der Waals surface area contributed by atoms with Gasteiger partial charge in [0.1, 0.15) is 17.2 Å². The Balaban J connectivity index is 1.48. The fourth-order valence-corrected chi connectivity index (χ4v) is 3.88. The van der Waals surface area contributed by atoms with Crippen LogP contribution in [0.4, 0.5) is 5.82 Å². The van der Waals surface area contributed by atoms with E-state index in [4.69, 9.17) is 9.40 Å². The van der Waals surface area contributed by atoms with Crippen LogP contribution >= 0.6 is 15.9 Å². The average molecular weight is 443 g/mol. The van der Waals surface area contributed by atoms with Crippen LogP contribution in [-0.2, 0) is 0 Å². The number of carbonyl (C=O) groups is 1. The molecule has 1 aromatic carbocycles. The number of carbonyl (C=O) groups excluding carboxylic acids is 1. The fourth-order valence-electron chi connectivity index (χ4n) is 3.42. The first-order chi connectivity index (χ1) is 13.4. The van der Waals surface area contributed by atoms with Crippen molar-refractivity contribution < 1.29 is 9.21 Å². The minimum atomic E-state index is -0.0653. The Bertz CT molecular complexity index is 1020. The summed E-state index contributed by atoms with van der Waals surface area (Å²) in [5.41, 5.74) is 1.68. The summed E-state index contributed by atoms with van der Waals surface area (Å²) in [6.07, 6.45) is 0. The number of rotatable bonds is 3. The average Bonchev–Trinajstić information content (AvgIpc) is 3.13. The smallest absolute Gasteiger partial charge is 0.289 e. The molecule has 1 aliphatic rings. The fraction of sp³-hybridized carbons (Fsp3) is 0.381. The van der Waals surface area contributed by atoms with Crippen LogP contribution in [-0.4, -0.2) is 47.0 Å². The van der Waals surface area contributed by atoms with Crippen molar-refractivity contribution in [2.45, 2.75) is 26.7 Å². The van der Waals surface area contributed by atoms with Gasteiger partial charge in [0.15, 0.2) is 5.76 Å². The summed E-state index contributed by atoms with van der Waals surface area (Å²) in [4.78, 5) is 26.2.